The van der Waals surface area contributed by atoms with E-state index in [2.05, 4.69) is 50.0 Å². The number of likely N-dealkylation sites (tertiary alicyclic amines) is 1. The number of hydrogen-bond acceptors (Lipinski definition) is 3. The molecule has 1 N–H and O–H groups in total. The van der Waals surface area contributed by atoms with Gasteiger partial charge in [0.15, 0.2) is 0 Å². The fourth-order valence-corrected chi connectivity index (χ4v) is 2.61. The van der Waals surface area contributed by atoms with Gasteiger partial charge in [-0.05, 0) is 59.9 Å². The van der Waals surface area contributed by atoms with E-state index in [9.17, 15) is 0 Å². The van der Waals surface area contributed by atoms with Crippen LogP contribution < -0.4 is 5.32 Å². The first kappa shape index (κ1) is 14.9. The van der Waals surface area contributed by atoms with Crippen molar-refractivity contribution in [3.8, 4) is 0 Å². The van der Waals surface area contributed by atoms with E-state index in [1.807, 2.05) is 0 Å². The summed E-state index contributed by atoms with van der Waals surface area (Å²) in [5, 5.41) is 3.51. The molecule has 1 aliphatic rings. The molecule has 0 spiro atoms. The Kier molecular flexibility index (Phi) is 6.45. The Morgan fingerprint density at radius 3 is 2.24 bits per heavy atom. The molecule has 1 atom stereocenters. The van der Waals surface area contributed by atoms with E-state index in [4.69, 9.17) is 0 Å². The highest BCUT2D eigenvalue weighted by Gasteiger charge is 2.23. The minimum Gasteiger partial charge on any atom is -0.314 e. The highest BCUT2D eigenvalue weighted by molar-refractivity contribution is 4.80. The quantitative estimate of drug-likeness (QED) is 0.765. The second kappa shape index (κ2) is 7.34. The predicted octanol–water partition coefficient (Wildman–Crippen LogP) is 1.79. The van der Waals surface area contributed by atoms with Gasteiger partial charge in [-0.25, -0.2) is 0 Å². The third kappa shape index (κ3) is 5.36. The first-order valence-electron chi connectivity index (χ1n) is 7.14. The van der Waals surface area contributed by atoms with Gasteiger partial charge in [0.2, 0.25) is 0 Å². The van der Waals surface area contributed by atoms with Crippen LogP contribution in [0.1, 0.15) is 40.0 Å². The van der Waals surface area contributed by atoms with Gasteiger partial charge in [-0.1, -0.05) is 13.8 Å². The van der Waals surface area contributed by atoms with Crippen molar-refractivity contribution in [2.24, 2.45) is 0 Å². The Bertz CT molecular complexity index is 196. The average Bonchev–Trinajstić information content (AvgIpc) is 2.28. The molecule has 1 unspecified atom stereocenters. The monoisotopic (exact) mass is 241 g/mol. The van der Waals surface area contributed by atoms with Crippen molar-refractivity contribution >= 4 is 0 Å². The van der Waals surface area contributed by atoms with Gasteiger partial charge >= 0.3 is 0 Å². The van der Waals surface area contributed by atoms with Gasteiger partial charge in [0.1, 0.15) is 0 Å². The molecule has 0 aliphatic carbocycles. The number of rotatable bonds is 6. The maximum absolute atomic E-state index is 3.51. The van der Waals surface area contributed by atoms with E-state index in [0.29, 0.717) is 6.04 Å². The van der Waals surface area contributed by atoms with E-state index in [-0.39, 0.29) is 0 Å². The van der Waals surface area contributed by atoms with Gasteiger partial charge in [0, 0.05) is 18.1 Å². The van der Waals surface area contributed by atoms with Crippen LogP contribution in [0.2, 0.25) is 0 Å². The Hall–Kier alpha value is -0.120. The van der Waals surface area contributed by atoms with Crippen molar-refractivity contribution in [1.29, 1.82) is 0 Å². The van der Waals surface area contributed by atoms with Crippen LogP contribution in [-0.2, 0) is 0 Å². The molecule has 3 nitrogen and oxygen atoms in total. The van der Waals surface area contributed by atoms with E-state index in [0.717, 1.165) is 18.6 Å². The molecule has 0 amide bonds. The summed E-state index contributed by atoms with van der Waals surface area (Å²) in [6, 6.07) is 2.14. The normalized spacial score (nSPS) is 21.4. The molecule has 0 aromatic heterocycles. The van der Waals surface area contributed by atoms with Gasteiger partial charge in [-0.3, -0.25) is 0 Å². The third-order valence-electron chi connectivity index (χ3n) is 3.97. The van der Waals surface area contributed by atoms with Crippen LogP contribution in [0.15, 0.2) is 0 Å². The zero-order chi connectivity index (χ0) is 12.8. The molecule has 0 aromatic rings. The lowest BCUT2D eigenvalue weighted by Crippen LogP contribution is -2.46. The zero-order valence-corrected chi connectivity index (χ0v) is 12.4. The molecule has 3 heteroatoms. The average molecular weight is 241 g/mol. The number of nitrogens with one attached hydrogen (secondary N) is 1. The lowest BCUT2D eigenvalue weighted by molar-refractivity contribution is 0.111. The molecule has 1 heterocycles. The second-order valence-corrected chi connectivity index (χ2v) is 5.98. The molecule has 1 saturated heterocycles. The first-order chi connectivity index (χ1) is 8.00. The summed E-state index contributed by atoms with van der Waals surface area (Å²) < 4.78 is 0. The summed E-state index contributed by atoms with van der Waals surface area (Å²) in [5.41, 5.74) is 0. The fraction of sp³-hybridized carbons (Fsp3) is 1.00. The molecule has 0 saturated carbocycles. The molecule has 0 radical (unpaired) electrons. The van der Waals surface area contributed by atoms with E-state index >= 15 is 0 Å². The highest BCUT2D eigenvalue weighted by Crippen LogP contribution is 2.17. The van der Waals surface area contributed by atoms with Crippen molar-refractivity contribution in [2.75, 3.05) is 33.7 Å². The first-order valence-corrected chi connectivity index (χ1v) is 7.14. The Morgan fingerprint density at radius 2 is 1.76 bits per heavy atom. The molecule has 0 aromatic carbocycles. The standard InChI is InChI=1S/C14H31N3/c1-12(2)15-9-6-13(3)17-10-7-14(8-11-17)16(4)5/h12-15H,6-11H2,1-5H3. The van der Waals surface area contributed by atoms with Gasteiger partial charge in [0.05, 0.1) is 0 Å². The highest BCUT2D eigenvalue weighted by atomic mass is 15.2. The summed E-state index contributed by atoms with van der Waals surface area (Å²) in [4.78, 5) is 5.03. The molecule has 1 aliphatic heterocycles. The van der Waals surface area contributed by atoms with Crippen LogP contribution in [-0.4, -0.2) is 61.7 Å². The Morgan fingerprint density at radius 1 is 1.18 bits per heavy atom. The SMILES string of the molecule is CC(C)NCCC(C)N1CCC(N(C)C)CC1. The van der Waals surface area contributed by atoms with Crippen molar-refractivity contribution in [3.63, 3.8) is 0 Å². The van der Waals surface area contributed by atoms with Gasteiger partial charge < -0.3 is 15.1 Å². The minimum atomic E-state index is 0.613. The van der Waals surface area contributed by atoms with Crippen molar-refractivity contribution in [3.05, 3.63) is 0 Å². The summed E-state index contributed by atoms with van der Waals surface area (Å²) in [7, 11) is 4.41. The molecular weight excluding hydrogens is 210 g/mol. The molecule has 0 bridgehead atoms. The zero-order valence-electron chi connectivity index (χ0n) is 12.4. The summed E-state index contributed by atoms with van der Waals surface area (Å²) >= 11 is 0. The van der Waals surface area contributed by atoms with Crippen LogP contribution in [0.25, 0.3) is 0 Å². The molecular formula is C14H31N3. The molecule has 17 heavy (non-hydrogen) atoms. The van der Waals surface area contributed by atoms with Crippen LogP contribution in [0.5, 0.6) is 0 Å². The summed E-state index contributed by atoms with van der Waals surface area (Å²) in [6.45, 7) is 10.5. The van der Waals surface area contributed by atoms with Gasteiger partial charge in [0.25, 0.3) is 0 Å². The number of piperidine rings is 1. The predicted molar refractivity (Wildman–Crippen MR) is 75.5 cm³/mol. The van der Waals surface area contributed by atoms with E-state index < -0.39 is 0 Å². The van der Waals surface area contributed by atoms with Crippen molar-refractivity contribution in [1.82, 2.24) is 15.1 Å². The second-order valence-electron chi connectivity index (χ2n) is 5.98. The van der Waals surface area contributed by atoms with Crippen LogP contribution in [0, 0.1) is 0 Å². The van der Waals surface area contributed by atoms with E-state index in [1.165, 1.54) is 32.4 Å². The summed E-state index contributed by atoms with van der Waals surface area (Å²) in [5.74, 6) is 0. The smallest absolute Gasteiger partial charge is 0.0113 e. The maximum atomic E-state index is 3.51. The molecule has 1 rings (SSSR count). The molecule has 1 fully saturated rings. The number of nitrogens with zero attached hydrogens (tertiary/aromatic N) is 2. The topological polar surface area (TPSA) is 18.5 Å². The van der Waals surface area contributed by atoms with Crippen molar-refractivity contribution in [2.45, 2.75) is 58.2 Å². The Labute approximate surface area is 108 Å². The van der Waals surface area contributed by atoms with Crippen LogP contribution >= 0.6 is 0 Å². The van der Waals surface area contributed by atoms with Gasteiger partial charge in [-0.15, -0.1) is 0 Å². The van der Waals surface area contributed by atoms with Gasteiger partial charge in [-0.2, -0.15) is 0 Å². The summed E-state index contributed by atoms with van der Waals surface area (Å²) in [6.07, 6.45) is 3.93. The fourth-order valence-electron chi connectivity index (χ4n) is 2.61. The minimum absolute atomic E-state index is 0.613. The lowest BCUT2D eigenvalue weighted by atomic mass is 10.0. The lowest BCUT2D eigenvalue weighted by Gasteiger charge is -2.38. The largest absolute Gasteiger partial charge is 0.314 e. The van der Waals surface area contributed by atoms with Crippen LogP contribution in [0.4, 0.5) is 0 Å². The number of hydrogen-bond donors (Lipinski definition) is 1. The van der Waals surface area contributed by atoms with E-state index in [1.54, 1.807) is 0 Å². The third-order valence-corrected chi connectivity index (χ3v) is 3.97. The Balaban J connectivity index is 2.19. The molecule has 102 valence electrons. The van der Waals surface area contributed by atoms with Crippen LogP contribution in [0.3, 0.4) is 0 Å². The van der Waals surface area contributed by atoms with Crippen molar-refractivity contribution < 1.29 is 0 Å². The maximum Gasteiger partial charge on any atom is 0.0113 e.